The van der Waals surface area contributed by atoms with Crippen LogP contribution in [-0.4, -0.2) is 31.9 Å². The quantitative estimate of drug-likeness (QED) is 0.785. The average molecular weight is 286 g/mol. The summed E-state index contributed by atoms with van der Waals surface area (Å²) in [6.45, 7) is 0. The van der Waals surface area contributed by atoms with Crippen molar-refractivity contribution < 1.29 is 13.2 Å². The number of carbonyl (C=O) groups excluding carboxylic acids is 1. The summed E-state index contributed by atoms with van der Waals surface area (Å²) >= 11 is 5.81. The van der Waals surface area contributed by atoms with Crippen LogP contribution >= 0.6 is 11.6 Å². The second-order valence-electron chi connectivity index (χ2n) is 4.85. The van der Waals surface area contributed by atoms with Crippen LogP contribution in [0.1, 0.15) is 6.42 Å². The van der Waals surface area contributed by atoms with E-state index in [1.165, 1.54) is 0 Å². The summed E-state index contributed by atoms with van der Waals surface area (Å²) in [5.74, 6) is 0.153. The molecule has 0 N–H and O–H groups in total. The maximum atomic E-state index is 12.0. The Morgan fingerprint density at radius 2 is 1.83 bits per heavy atom. The fourth-order valence-electron chi connectivity index (χ4n) is 2.83. The van der Waals surface area contributed by atoms with Crippen molar-refractivity contribution in [3.05, 3.63) is 29.3 Å². The van der Waals surface area contributed by atoms with Gasteiger partial charge in [-0.2, -0.15) is 0 Å². The van der Waals surface area contributed by atoms with Crippen LogP contribution in [0.3, 0.4) is 0 Å². The van der Waals surface area contributed by atoms with Crippen molar-refractivity contribution in [2.45, 2.75) is 12.5 Å². The highest BCUT2D eigenvalue weighted by molar-refractivity contribution is 7.91. The maximum absolute atomic E-state index is 12.0. The van der Waals surface area contributed by atoms with Gasteiger partial charge in [0.05, 0.1) is 17.5 Å². The molecule has 1 aromatic rings. The molecule has 2 atom stereocenters. The number of hydrogen-bond acceptors (Lipinski definition) is 3. The minimum absolute atomic E-state index is 0.00206. The van der Waals surface area contributed by atoms with Crippen LogP contribution in [-0.2, 0) is 14.6 Å². The maximum Gasteiger partial charge on any atom is 0.227 e. The highest BCUT2D eigenvalue weighted by Crippen LogP contribution is 2.37. The molecule has 0 aromatic heterocycles. The van der Waals surface area contributed by atoms with Crippen LogP contribution in [0.15, 0.2) is 24.3 Å². The summed E-state index contributed by atoms with van der Waals surface area (Å²) in [7, 11) is -3.00. The second kappa shape index (κ2) is 3.96. The summed E-state index contributed by atoms with van der Waals surface area (Å²) in [6.07, 6.45) is 0.326. The monoisotopic (exact) mass is 285 g/mol. The Hall–Kier alpha value is -1.07. The van der Waals surface area contributed by atoms with Crippen molar-refractivity contribution in [1.29, 1.82) is 0 Å². The van der Waals surface area contributed by atoms with Crippen molar-refractivity contribution >= 4 is 33.0 Å². The van der Waals surface area contributed by atoms with Gasteiger partial charge in [-0.15, -0.1) is 0 Å². The minimum Gasteiger partial charge on any atom is -0.308 e. The lowest BCUT2D eigenvalue weighted by Gasteiger charge is -2.23. The van der Waals surface area contributed by atoms with Crippen molar-refractivity contribution in [1.82, 2.24) is 0 Å². The Morgan fingerprint density at radius 3 is 2.50 bits per heavy atom. The van der Waals surface area contributed by atoms with Gasteiger partial charge >= 0.3 is 0 Å². The van der Waals surface area contributed by atoms with Gasteiger partial charge < -0.3 is 4.90 Å². The van der Waals surface area contributed by atoms with Gasteiger partial charge in [-0.25, -0.2) is 8.42 Å². The molecule has 4 nitrogen and oxygen atoms in total. The van der Waals surface area contributed by atoms with Crippen LogP contribution in [0.4, 0.5) is 5.69 Å². The van der Waals surface area contributed by atoms with Crippen molar-refractivity contribution in [3.63, 3.8) is 0 Å². The van der Waals surface area contributed by atoms with Gasteiger partial charge in [0.1, 0.15) is 0 Å². The van der Waals surface area contributed by atoms with Gasteiger partial charge in [0.15, 0.2) is 9.84 Å². The molecular formula is C12H12ClNO3S. The third-order valence-electron chi connectivity index (χ3n) is 3.58. The first kappa shape index (κ1) is 12.0. The Kier molecular flexibility index (Phi) is 2.64. The van der Waals surface area contributed by atoms with E-state index in [0.29, 0.717) is 11.4 Å². The lowest BCUT2D eigenvalue weighted by atomic mass is 10.1. The van der Waals surface area contributed by atoms with E-state index in [9.17, 15) is 13.2 Å². The van der Waals surface area contributed by atoms with E-state index in [4.69, 9.17) is 11.6 Å². The van der Waals surface area contributed by atoms with Crippen LogP contribution in [0, 0.1) is 5.92 Å². The predicted molar refractivity (Wildman–Crippen MR) is 69.5 cm³/mol. The van der Waals surface area contributed by atoms with Crippen LogP contribution < -0.4 is 4.90 Å². The summed E-state index contributed by atoms with van der Waals surface area (Å²) in [5.41, 5.74) is 0.731. The topological polar surface area (TPSA) is 54.5 Å². The molecule has 0 aliphatic carbocycles. The molecule has 2 aliphatic rings. The first-order valence-corrected chi connectivity index (χ1v) is 7.94. The van der Waals surface area contributed by atoms with Crippen LogP contribution in [0.5, 0.6) is 0 Å². The fraction of sp³-hybridized carbons (Fsp3) is 0.417. The largest absolute Gasteiger partial charge is 0.308 e. The third kappa shape index (κ3) is 1.91. The van der Waals surface area contributed by atoms with E-state index in [0.717, 1.165) is 5.69 Å². The van der Waals surface area contributed by atoms with E-state index in [-0.39, 0.29) is 29.4 Å². The molecule has 96 valence electrons. The molecule has 1 aromatic carbocycles. The van der Waals surface area contributed by atoms with E-state index in [1.54, 1.807) is 29.2 Å². The van der Waals surface area contributed by atoms with E-state index in [2.05, 4.69) is 0 Å². The van der Waals surface area contributed by atoms with Gasteiger partial charge in [0, 0.05) is 23.0 Å². The van der Waals surface area contributed by atoms with E-state index >= 15 is 0 Å². The normalized spacial score (nSPS) is 29.6. The van der Waals surface area contributed by atoms with Crippen LogP contribution in [0.25, 0.3) is 0 Å². The molecule has 2 heterocycles. The summed E-state index contributed by atoms with van der Waals surface area (Å²) in [4.78, 5) is 13.6. The number of carbonyl (C=O) groups is 1. The molecule has 3 rings (SSSR count). The SMILES string of the molecule is O=C1C[C@H]2CS(=O)(=O)C[C@H]2N1c1ccc(Cl)cc1. The average Bonchev–Trinajstić information content (AvgIpc) is 2.70. The van der Waals surface area contributed by atoms with Gasteiger partial charge in [-0.05, 0) is 24.3 Å². The smallest absolute Gasteiger partial charge is 0.227 e. The molecule has 1 amide bonds. The molecule has 0 unspecified atom stereocenters. The zero-order valence-corrected chi connectivity index (χ0v) is 11.1. The van der Waals surface area contributed by atoms with Gasteiger partial charge in [-0.3, -0.25) is 4.79 Å². The Morgan fingerprint density at radius 1 is 1.17 bits per heavy atom. The van der Waals surface area contributed by atoms with Gasteiger partial charge in [-0.1, -0.05) is 11.6 Å². The summed E-state index contributed by atoms with van der Waals surface area (Å²) in [6, 6.07) is 6.73. The summed E-state index contributed by atoms with van der Waals surface area (Å²) in [5, 5.41) is 0.598. The zero-order valence-electron chi connectivity index (χ0n) is 9.54. The van der Waals surface area contributed by atoms with Crippen LogP contribution in [0.2, 0.25) is 5.02 Å². The lowest BCUT2D eigenvalue weighted by Crippen LogP contribution is -2.36. The number of halogens is 1. The molecule has 2 saturated heterocycles. The number of fused-ring (bicyclic) bond motifs is 1. The van der Waals surface area contributed by atoms with Crippen molar-refractivity contribution in [2.24, 2.45) is 5.92 Å². The number of anilines is 1. The molecule has 0 spiro atoms. The number of rotatable bonds is 1. The minimum atomic E-state index is -3.00. The van der Waals surface area contributed by atoms with Gasteiger partial charge in [0.25, 0.3) is 0 Å². The molecule has 2 aliphatic heterocycles. The molecule has 0 radical (unpaired) electrons. The second-order valence-corrected chi connectivity index (χ2v) is 7.44. The van der Waals surface area contributed by atoms with E-state index in [1.807, 2.05) is 0 Å². The lowest BCUT2D eigenvalue weighted by molar-refractivity contribution is -0.117. The van der Waals surface area contributed by atoms with E-state index < -0.39 is 9.84 Å². The number of benzene rings is 1. The fourth-order valence-corrected chi connectivity index (χ4v) is 5.02. The highest BCUT2D eigenvalue weighted by Gasteiger charge is 2.49. The Bertz CT molecular complexity index is 596. The number of sulfone groups is 1. The molecular weight excluding hydrogens is 274 g/mol. The zero-order chi connectivity index (χ0) is 12.9. The predicted octanol–water partition coefficient (Wildman–Crippen LogP) is 1.49. The van der Waals surface area contributed by atoms with Gasteiger partial charge in [0.2, 0.25) is 5.91 Å². The Labute approximate surface area is 110 Å². The molecule has 2 fully saturated rings. The number of amides is 1. The number of hydrogen-bond donors (Lipinski definition) is 0. The Balaban J connectivity index is 1.96. The molecule has 18 heavy (non-hydrogen) atoms. The first-order chi connectivity index (χ1) is 8.46. The molecule has 0 bridgehead atoms. The highest BCUT2D eigenvalue weighted by atomic mass is 35.5. The van der Waals surface area contributed by atoms with Crippen molar-refractivity contribution in [2.75, 3.05) is 16.4 Å². The summed E-state index contributed by atoms with van der Waals surface area (Å²) < 4.78 is 23.2. The molecule has 6 heteroatoms. The standard InChI is InChI=1S/C12H12ClNO3S/c13-9-1-3-10(4-2-9)14-11-7-18(16,17)6-8(11)5-12(14)15/h1-4,8,11H,5-7H2/t8-,11+/m0/s1. The number of nitrogens with zero attached hydrogens (tertiary/aromatic N) is 1. The third-order valence-corrected chi connectivity index (χ3v) is 5.62. The first-order valence-electron chi connectivity index (χ1n) is 5.74. The van der Waals surface area contributed by atoms with Crippen molar-refractivity contribution in [3.8, 4) is 0 Å². The molecule has 0 saturated carbocycles.